The van der Waals surface area contributed by atoms with Crippen LogP contribution in [0.3, 0.4) is 0 Å². The first kappa shape index (κ1) is 35.5. The summed E-state index contributed by atoms with van der Waals surface area (Å²) in [5.74, 6) is -2.51. The van der Waals surface area contributed by atoms with Crippen molar-refractivity contribution in [3.8, 4) is 17.2 Å². The second kappa shape index (κ2) is 15.0. The molecule has 4 aromatic carbocycles. The molecule has 0 fully saturated rings. The zero-order valence-electron chi connectivity index (χ0n) is 25.0. The number of amides is 2. The summed E-state index contributed by atoms with van der Waals surface area (Å²) >= 11 is 0. The maximum Gasteiger partial charge on any atom is 1.00 e. The molecule has 48 heavy (non-hydrogen) atoms. The molecule has 0 saturated heterocycles. The van der Waals surface area contributed by atoms with Gasteiger partial charge in [-0.1, -0.05) is 5.75 Å². The quantitative estimate of drug-likeness (QED) is 0.0994. The Morgan fingerprint density at radius 3 is 2.08 bits per heavy atom. The van der Waals surface area contributed by atoms with E-state index in [-0.39, 0.29) is 52.5 Å². The summed E-state index contributed by atoms with van der Waals surface area (Å²) < 4.78 is 31.9. The van der Waals surface area contributed by atoms with Gasteiger partial charge < -0.3 is 20.6 Å². The van der Waals surface area contributed by atoms with E-state index in [2.05, 4.69) is 46.5 Å². The minimum absolute atomic E-state index is 0. The van der Waals surface area contributed by atoms with E-state index in [4.69, 9.17) is 0 Å². The Morgan fingerprint density at radius 2 is 1.44 bits per heavy atom. The summed E-state index contributed by atoms with van der Waals surface area (Å²) in [6.07, 6.45) is 0. The summed E-state index contributed by atoms with van der Waals surface area (Å²) in [6.45, 7) is 1.66. The van der Waals surface area contributed by atoms with Crippen LogP contribution in [0.1, 0.15) is 17.3 Å². The molecule has 5 rings (SSSR count). The number of nitrogens with one attached hydrogen (secondary N) is 2. The molecule has 0 radical (unpaired) electrons. The molecule has 17 nitrogen and oxygen atoms in total. The number of phenolic OH excluding ortho intramolecular Hbond substituents is 2. The van der Waals surface area contributed by atoms with E-state index in [0.29, 0.717) is 28.3 Å². The van der Waals surface area contributed by atoms with Gasteiger partial charge in [0.25, 0.3) is 21.9 Å². The third kappa shape index (κ3) is 8.69. The number of hydrogen-bond acceptors (Lipinski definition) is 14. The van der Waals surface area contributed by atoms with Crippen LogP contribution in [0.2, 0.25) is 0 Å². The topological polar surface area (TPSA) is 263 Å². The van der Waals surface area contributed by atoms with E-state index in [0.717, 1.165) is 30.3 Å². The summed E-state index contributed by atoms with van der Waals surface area (Å²) in [7, 11) is -4.59. The molecule has 1 aliphatic heterocycles. The Hall–Kier alpha value is -5.40. The number of phenols is 2. The first-order valence-electron chi connectivity index (χ1n) is 13.3. The third-order valence-corrected chi connectivity index (χ3v) is 7.22. The van der Waals surface area contributed by atoms with Crippen molar-refractivity contribution >= 4 is 61.8 Å². The second-order valence-corrected chi connectivity index (χ2v) is 11.2. The van der Waals surface area contributed by atoms with Gasteiger partial charge in [0.15, 0.2) is 6.04 Å². The molecule has 1 atom stereocenters. The SMILES string of the molecule is CC1=NNC(=O)C1N=Nc1ccc(NC(=O)c2ccc(N=Nc3cc(N=Nc4cc(S(=O)(=O)O)ccc4O)c([O-])cc3O)cc2)cc1.[Na+]. The van der Waals surface area contributed by atoms with E-state index in [9.17, 15) is 37.9 Å². The molecule has 0 spiro atoms. The molecule has 1 aliphatic rings. The van der Waals surface area contributed by atoms with Crippen LogP contribution in [-0.4, -0.2) is 46.8 Å². The van der Waals surface area contributed by atoms with Crippen LogP contribution in [0.25, 0.3) is 0 Å². The fraction of sp³-hybridized carbons (Fsp3) is 0.0690. The van der Waals surface area contributed by atoms with E-state index in [1.807, 2.05) is 0 Å². The number of rotatable bonds is 9. The maximum absolute atomic E-state index is 12.7. The number of hydrazone groups is 1. The molecule has 2 amide bonds. The number of hydrogen-bond donors (Lipinski definition) is 5. The van der Waals surface area contributed by atoms with E-state index >= 15 is 0 Å². The number of nitrogens with zero attached hydrogens (tertiary/aromatic N) is 7. The monoisotopic (exact) mass is 679 g/mol. The van der Waals surface area contributed by atoms with Gasteiger partial charge in [0, 0.05) is 11.3 Å². The number of anilines is 1. The first-order valence-corrected chi connectivity index (χ1v) is 14.8. The zero-order valence-corrected chi connectivity index (χ0v) is 27.8. The standard InChI is InChI=1S/C29H23N9O8S.Na/c1-15-27(29(43)38-31-15)37-33-19-8-6-17(7-9-19)30-28(42)16-2-4-18(5-3-16)32-34-22-13-23(26(41)14-25(22)40)36-35-21-12-20(47(44,45)46)10-11-24(21)39;/h2-14,27,39-41H,1H3,(H,30,42)(H,38,43)(H,44,45,46);/q;+1/p-1. The van der Waals surface area contributed by atoms with Crippen molar-refractivity contribution in [3.05, 3.63) is 84.4 Å². The van der Waals surface area contributed by atoms with Gasteiger partial charge in [-0.3, -0.25) is 14.1 Å². The molecule has 1 unspecified atom stereocenters. The van der Waals surface area contributed by atoms with E-state index in [1.165, 1.54) is 24.3 Å². The summed E-state index contributed by atoms with van der Waals surface area (Å²) in [4.78, 5) is 23.9. The Kier molecular flexibility index (Phi) is 11.1. The predicted molar refractivity (Wildman–Crippen MR) is 164 cm³/mol. The van der Waals surface area contributed by atoms with Crippen LogP contribution in [0, 0.1) is 0 Å². The molecular weight excluding hydrogens is 657 g/mol. The van der Waals surface area contributed by atoms with Crippen molar-refractivity contribution in [3.63, 3.8) is 0 Å². The van der Waals surface area contributed by atoms with Gasteiger partial charge in [0.05, 0.1) is 27.7 Å². The number of aromatic hydroxyl groups is 2. The van der Waals surface area contributed by atoms with Gasteiger partial charge in [-0.2, -0.15) is 34.0 Å². The van der Waals surface area contributed by atoms with Crippen LogP contribution in [0.5, 0.6) is 17.2 Å². The van der Waals surface area contributed by atoms with E-state index in [1.54, 1.807) is 31.2 Å². The third-order valence-electron chi connectivity index (χ3n) is 6.37. The number of carbonyl (C=O) groups excluding carboxylic acids is 2. The van der Waals surface area contributed by atoms with Crippen LogP contribution in [-0.2, 0) is 14.9 Å². The van der Waals surface area contributed by atoms with Gasteiger partial charge in [-0.15, -0.1) is 10.2 Å². The minimum atomic E-state index is -4.59. The van der Waals surface area contributed by atoms with Crippen molar-refractivity contribution in [1.82, 2.24) is 5.43 Å². The minimum Gasteiger partial charge on any atom is -0.871 e. The van der Waals surface area contributed by atoms with Crippen molar-refractivity contribution in [1.29, 1.82) is 0 Å². The Labute approximate surface area is 293 Å². The molecule has 0 aliphatic carbocycles. The van der Waals surface area contributed by atoms with Crippen molar-refractivity contribution in [2.24, 2.45) is 35.8 Å². The molecule has 19 heteroatoms. The molecular formula is C29H22N9NaO8S. The molecule has 0 saturated carbocycles. The van der Waals surface area contributed by atoms with Gasteiger partial charge in [-0.05, 0) is 85.8 Å². The maximum atomic E-state index is 12.7. The molecule has 1 heterocycles. The van der Waals surface area contributed by atoms with Crippen LogP contribution < -0.4 is 45.4 Å². The molecule has 4 aromatic rings. The number of carbonyl (C=O) groups is 2. The summed E-state index contributed by atoms with van der Waals surface area (Å²) in [6, 6.07) is 16.4. The zero-order chi connectivity index (χ0) is 33.7. The van der Waals surface area contributed by atoms with Gasteiger partial charge >= 0.3 is 29.6 Å². The molecule has 0 bridgehead atoms. The Morgan fingerprint density at radius 1 is 0.833 bits per heavy atom. The van der Waals surface area contributed by atoms with Crippen molar-refractivity contribution < 1.29 is 67.4 Å². The molecule has 5 N–H and O–H groups in total. The van der Waals surface area contributed by atoms with E-state index < -0.39 is 44.2 Å². The van der Waals surface area contributed by atoms with Gasteiger partial charge in [-0.25, -0.2) is 5.43 Å². The summed E-state index contributed by atoms with van der Waals surface area (Å²) in [5, 5.41) is 62.3. The first-order chi connectivity index (χ1) is 22.4. The largest absolute Gasteiger partial charge is 1.00 e. The Balaban J connectivity index is 0.00000520. The molecule has 0 aromatic heterocycles. The Bertz CT molecular complexity index is 2100. The normalized spacial score (nSPS) is 14.7. The van der Waals surface area contributed by atoms with Gasteiger partial charge in [0.2, 0.25) is 0 Å². The number of benzene rings is 4. The fourth-order valence-electron chi connectivity index (χ4n) is 3.88. The van der Waals surface area contributed by atoms with Crippen LogP contribution in [0.4, 0.5) is 34.1 Å². The van der Waals surface area contributed by atoms with Crippen LogP contribution in [0.15, 0.2) is 120 Å². The smallest absolute Gasteiger partial charge is 0.871 e. The average Bonchev–Trinajstić information content (AvgIpc) is 3.36. The molecule has 238 valence electrons. The average molecular weight is 680 g/mol. The van der Waals surface area contributed by atoms with Crippen molar-refractivity contribution in [2.75, 3.05) is 5.32 Å². The second-order valence-electron chi connectivity index (χ2n) is 9.73. The predicted octanol–water partition coefficient (Wildman–Crippen LogP) is 2.46. The summed E-state index contributed by atoms with van der Waals surface area (Å²) in [5.41, 5.74) is 3.57. The number of azo groups is 3. The van der Waals surface area contributed by atoms with Gasteiger partial charge in [0.1, 0.15) is 22.9 Å². The van der Waals surface area contributed by atoms with Crippen LogP contribution >= 0.6 is 0 Å². The van der Waals surface area contributed by atoms with Crippen molar-refractivity contribution in [2.45, 2.75) is 17.9 Å². The fourth-order valence-corrected chi connectivity index (χ4v) is 4.38.